The van der Waals surface area contributed by atoms with Crippen LogP contribution in [0.2, 0.25) is 0 Å². The van der Waals surface area contributed by atoms with E-state index in [1.54, 1.807) is 0 Å². The van der Waals surface area contributed by atoms with E-state index < -0.39 is 41.0 Å². The van der Waals surface area contributed by atoms with Crippen LogP contribution in [-0.2, 0) is 17.4 Å². The van der Waals surface area contributed by atoms with E-state index in [9.17, 15) is 0 Å². The largest absolute Gasteiger partial charge is 3.00 e. The van der Waals surface area contributed by atoms with Crippen molar-refractivity contribution in [2.24, 2.45) is 0 Å². The zero-order valence-electron chi connectivity index (χ0n) is 9.45. The van der Waals surface area contributed by atoms with Crippen molar-refractivity contribution >= 4 is 0 Å². The normalized spacial score (nSPS) is 10.9. The first-order valence-corrected chi connectivity index (χ1v) is 7.41. The van der Waals surface area contributed by atoms with Crippen LogP contribution in [0, 0.1) is 41.0 Å². The summed E-state index contributed by atoms with van der Waals surface area (Å²) >= 11 is 0. The van der Waals surface area contributed by atoms with Gasteiger partial charge in [0, 0.05) is 0 Å². The van der Waals surface area contributed by atoms with Gasteiger partial charge in [0.1, 0.15) is 0 Å². The van der Waals surface area contributed by atoms with Crippen LogP contribution in [0.5, 0.6) is 0 Å². The second-order valence-corrected chi connectivity index (χ2v) is 4.54. The molecule has 0 aromatic heterocycles. The van der Waals surface area contributed by atoms with Gasteiger partial charge in [-0.05, 0) is 0 Å². The Hall–Kier alpha value is 2.05. The van der Waals surface area contributed by atoms with E-state index in [0.717, 1.165) is 0 Å². The van der Waals surface area contributed by atoms with E-state index in [1.807, 2.05) is 0 Å². The van der Waals surface area contributed by atoms with Crippen LogP contribution in [0.3, 0.4) is 0 Å². The molecule has 0 aliphatic rings. The molecule has 0 aromatic rings. The molecule has 131 valence electrons. The van der Waals surface area contributed by atoms with Crippen molar-refractivity contribution in [2.45, 2.75) is 0 Å². The number of halogens is 4. The molecule has 0 spiro atoms. The van der Waals surface area contributed by atoms with Gasteiger partial charge in [0.25, 0.3) is 0 Å². The first-order valence-electron chi connectivity index (χ1n) is 2.47. The van der Waals surface area contributed by atoms with Crippen molar-refractivity contribution in [2.75, 3.05) is 0 Å². The molecule has 1 radical (unpaired) electrons. The van der Waals surface area contributed by atoms with Gasteiger partial charge in [0.2, 0.25) is 0 Å². The third-order valence-corrected chi connectivity index (χ3v) is 0. The number of hydrogen-bond acceptors (Lipinski definition) is 16. The molecule has 0 saturated heterocycles. The Labute approximate surface area is 161 Å². The van der Waals surface area contributed by atoms with E-state index in [1.165, 1.54) is 0 Å². The Morgan fingerprint density at radius 3 is 0.273 bits per heavy atom. The molecule has 0 N–H and O–H groups in total. The summed E-state index contributed by atoms with van der Waals surface area (Å²) in [7, 11) is -19.8. The second kappa shape index (κ2) is 16.5. The molecule has 0 atom stereocenters. The van der Waals surface area contributed by atoms with Gasteiger partial charge in [-0.15, -0.1) is 41.0 Å². The Balaban J connectivity index is -0.0000000376. The fraction of sp³-hybridized carbons (Fsp3) is 0. The van der Waals surface area contributed by atoms with Crippen molar-refractivity contribution in [3.05, 3.63) is 0 Å². The predicted molar refractivity (Wildman–Crippen MR) is 0 cm³/mol. The van der Waals surface area contributed by atoms with Gasteiger partial charge in [-0.2, -0.15) is 0 Å². The summed E-state index contributed by atoms with van der Waals surface area (Å²) < 4.78 is 136. The Bertz CT molecular complexity index is 136. The average Bonchev–Trinajstić information content (AvgIpc) is 1.62. The van der Waals surface area contributed by atoms with Gasteiger partial charge in [0.05, 0.1) is 0 Å². The molecular formula is Cl4CrNaO16. The van der Waals surface area contributed by atoms with Crippen molar-refractivity contribution in [3.8, 4) is 0 Å². The molecule has 0 unspecified atom stereocenters. The molecule has 0 amide bonds. The molecule has 0 aliphatic heterocycles. The molecule has 22 heavy (non-hydrogen) atoms. The summed E-state index contributed by atoms with van der Waals surface area (Å²) in [6.45, 7) is 0. The summed E-state index contributed by atoms with van der Waals surface area (Å²) in [5.41, 5.74) is 0. The molecule has 16 nitrogen and oxygen atoms in total. The van der Waals surface area contributed by atoms with Gasteiger partial charge in [0.15, 0.2) is 0 Å². The molecule has 0 fully saturated rings. The minimum Gasteiger partial charge on any atom is -0.222 e. The topological polar surface area (TPSA) is 369 Å². The molecular weight excluding hydrogens is 473 g/mol. The third kappa shape index (κ3) is 2320. The van der Waals surface area contributed by atoms with Crippen LogP contribution in [0.4, 0.5) is 0 Å². The van der Waals surface area contributed by atoms with Crippen molar-refractivity contribution in [3.63, 3.8) is 0 Å². The SMILES string of the molecule is [Cr+3].[Na+].[O-][Cl+3]([O-])([O-])[O-].[O-][Cl+3]([O-])([O-])[O-].[O-][Cl+3]([O-])([O-])[O-].[O-][Cl+3]([O-])([O-])[O-]. The molecule has 0 aromatic carbocycles. The zero-order chi connectivity index (χ0) is 18.0. The van der Waals surface area contributed by atoms with Crippen LogP contribution in [0.1, 0.15) is 0 Å². The Morgan fingerprint density at radius 1 is 0.273 bits per heavy atom. The third-order valence-electron chi connectivity index (χ3n) is 0. The van der Waals surface area contributed by atoms with Crippen LogP contribution in [0.25, 0.3) is 0 Å². The van der Waals surface area contributed by atoms with Crippen molar-refractivity contribution in [1.82, 2.24) is 0 Å². The molecule has 22 heteroatoms. The minimum absolute atomic E-state index is 0. The quantitative estimate of drug-likeness (QED) is 0.295. The van der Waals surface area contributed by atoms with Crippen molar-refractivity contribution < 1.29 is 162 Å². The number of rotatable bonds is 0. The second-order valence-electron chi connectivity index (χ2n) is 1.51. The molecule has 0 heterocycles. The van der Waals surface area contributed by atoms with E-state index in [4.69, 9.17) is 74.5 Å². The van der Waals surface area contributed by atoms with Gasteiger partial charge >= 0.3 is 46.9 Å². The summed E-state index contributed by atoms with van der Waals surface area (Å²) in [6, 6.07) is 0. The molecule has 0 aliphatic carbocycles. The van der Waals surface area contributed by atoms with E-state index in [-0.39, 0.29) is 46.9 Å². The molecule has 0 saturated carbocycles. The van der Waals surface area contributed by atoms with E-state index in [0.29, 0.717) is 0 Å². The fourth-order valence-electron chi connectivity index (χ4n) is 0. The van der Waals surface area contributed by atoms with Gasteiger partial charge in [-0.3, -0.25) is 0 Å². The van der Waals surface area contributed by atoms with Crippen LogP contribution >= 0.6 is 0 Å². The van der Waals surface area contributed by atoms with Crippen LogP contribution in [-0.4, -0.2) is 0 Å². The first kappa shape index (κ1) is 39.2. The molecule has 0 rings (SSSR count). The summed E-state index contributed by atoms with van der Waals surface area (Å²) in [4.78, 5) is 0. The zero-order valence-corrected chi connectivity index (χ0v) is 15.8. The van der Waals surface area contributed by atoms with E-state index >= 15 is 0 Å². The maximum Gasteiger partial charge on any atom is 3.00 e. The number of hydrogen-bond donors (Lipinski definition) is 0. The Kier molecular flexibility index (Phi) is 29.4. The first-order chi connectivity index (χ1) is 8.00. The average molecular weight is 473 g/mol. The van der Waals surface area contributed by atoms with Crippen LogP contribution in [0.15, 0.2) is 0 Å². The fourth-order valence-corrected chi connectivity index (χ4v) is 0. The summed E-state index contributed by atoms with van der Waals surface area (Å²) in [5, 5.41) is 0. The van der Waals surface area contributed by atoms with Gasteiger partial charge in [-0.25, -0.2) is 74.5 Å². The van der Waals surface area contributed by atoms with Gasteiger partial charge < -0.3 is 0 Å². The maximum atomic E-state index is 8.49. The monoisotopic (exact) mass is 471 g/mol. The summed E-state index contributed by atoms with van der Waals surface area (Å²) in [6.07, 6.45) is 0. The molecule has 0 bridgehead atoms. The minimum atomic E-state index is -4.94. The maximum absolute atomic E-state index is 8.49. The van der Waals surface area contributed by atoms with Crippen molar-refractivity contribution in [1.29, 1.82) is 0 Å². The standard InChI is InChI=1S/4ClHO4.Cr.Na/c4*2-1(3,4)5;;/h4*(H,2,3,4,5);;/q;;;;+3;+1/p-4. The smallest absolute Gasteiger partial charge is 0.222 e. The Morgan fingerprint density at radius 2 is 0.273 bits per heavy atom. The van der Waals surface area contributed by atoms with Gasteiger partial charge in [-0.1, -0.05) is 0 Å². The predicted octanol–water partition coefficient (Wildman–Crippen LogP) is -22.0. The summed E-state index contributed by atoms with van der Waals surface area (Å²) in [5.74, 6) is 0. The van der Waals surface area contributed by atoms with Crippen LogP contribution < -0.4 is 104 Å². The van der Waals surface area contributed by atoms with E-state index in [2.05, 4.69) is 0 Å².